The monoisotopic (exact) mass is 343 g/mol. The molecular formula is C17H13NO3S2. The topological polar surface area (TPSA) is 59.2 Å². The van der Waals surface area contributed by atoms with E-state index in [1.54, 1.807) is 42.7 Å². The molecule has 0 amide bonds. The first-order chi connectivity index (χ1) is 11.2. The highest BCUT2D eigenvalue weighted by atomic mass is 32.1. The minimum absolute atomic E-state index is 0.177. The van der Waals surface area contributed by atoms with Crippen molar-refractivity contribution in [2.24, 2.45) is 0 Å². The maximum absolute atomic E-state index is 12.3. The summed E-state index contributed by atoms with van der Waals surface area (Å²) in [7, 11) is 1.55. The van der Waals surface area contributed by atoms with E-state index >= 15 is 0 Å². The quantitative estimate of drug-likeness (QED) is 0.737. The van der Waals surface area contributed by atoms with Crippen molar-refractivity contribution in [2.45, 2.75) is 0 Å². The number of Topliss-reactive ketones (excluding diaryl/α,β-unsaturated/α-hetero) is 1. The molecule has 4 nitrogen and oxygen atoms in total. The zero-order chi connectivity index (χ0) is 16.2. The Kier molecular flexibility index (Phi) is 4.55. The fourth-order valence-electron chi connectivity index (χ4n) is 2.01. The normalized spacial score (nSPS) is 12.6. The van der Waals surface area contributed by atoms with Crippen LogP contribution in [0.3, 0.4) is 0 Å². The summed E-state index contributed by atoms with van der Waals surface area (Å²) in [6.45, 7) is 0. The van der Waals surface area contributed by atoms with E-state index in [0.717, 1.165) is 4.88 Å². The Bertz CT molecular complexity index is 997. The first-order valence-electron chi connectivity index (χ1n) is 6.80. The smallest absolute Gasteiger partial charge is 0.266 e. The number of hydrogen-bond acceptors (Lipinski definition) is 5. The average Bonchev–Trinajstić information content (AvgIpc) is 3.18. The maximum atomic E-state index is 12.3. The maximum Gasteiger partial charge on any atom is 0.266 e. The summed E-state index contributed by atoms with van der Waals surface area (Å²) in [4.78, 5) is 28.0. The molecule has 2 heterocycles. The molecule has 0 unspecified atom stereocenters. The second-order valence-electron chi connectivity index (χ2n) is 4.68. The van der Waals surface area contributed by atoms with Crippen molar-refractivity contribution in [1.29, 1.82) is 0 Å². The predicted octanol–water partition coefficient (Wildman–Crippen LogP) is 2.00. The molecule has 0 saturated carbocycles. The van der Waals surface area contributed by atoms with Crippen LogP contribution in [0.25, 0.3) is 12.2 Å². The summed E-state index contributed by atoms with van der Waals surface area (Å²) in [6, 6.07) is 10.8. The van der Waals surface area contributed by atoms with E-state index in [1.807, 2.05) is 23.6 Å². The summed E-state index contributed by atoms with van der Waals surface area (Å²) >= 11 is 2.82. The molecule has 6 heteroatoms. The highest BCUT2D eigenvalue weighted by Gasteiger charge is 2.04. The van der Waals surface area contributed by atoms with E-state index < -0.39 is 0 Å². The van der Waals surface area contributed by atoms with E-state index in [2.05, 4.69) is 4.98 Å². The summed E-state index contributed by atoms with van der Waals surface area (Å²) in [5, 5.41) is 1.95. The molecule has 2 aromatic heterocycles. The van der Waals surface area contributed by atoms with Gasteiger partial charge in [-0.3, -0.25) is 9.59 Å². The number of carbonyl (C=O) groups is 1. The number of H-pyrrole nitrogens is 1. The van der Waals surface area contributed by atoms with Crippen LogP contribution in [0.1, 0.15) is 15.2 Å². The Morgan fingerprint density at radius 1 is 1.26 bits per heavy atom. The summed E-state index contributed by atoms with van der Waals surface area (Å²) in [5.74, 6) is 0.444. The molecule has 0 radical (unpaired) electrons. The molecule has 3 aromatic rings. The van der Waals surface area contributed by atoms with Gasteiger partial charge in [0.1, 0.15) is 5.75 Å². The van der Waals surface area contributed by atoms with Crippen LogP contribution in [0.5, 0.6) is 5.75 Å². The highest BCUT2D eigenvalue weighted by molar-refractivity contribution is 7.11. The van der Waals surface area contributed by atoms with Crippen molar-refractivity contribution in [3.05, 3.63) is 71.8 Å². The first kappa shape index (κ1) is 15.5. The van der Waals surface area contributed by atoms with Gasteiger partial charge in [-0.15, -0.1) is 22.7 Å². The van der Waals surface area contributed by atoms with Gasteiger partial charge in [-0.2, -0.15) is 0 Å². The zero-order valence-corrected chi connectivity index (χ0v) is 13.9. The molecule has 1 N–H and O–H groups in total. The van der Waals surface area contributed by atoms with Crippen LogP contribution < -0.4 is 19.5 Å². The largest absolute Gasteiger partial charge is 0.497 e. The number of carbonyl (C=O) groups excluding carboxylic acids is 1. The third-order valence-corrected chi connectivity index (χ3v) is 4.90. The lowest BCUT2D eigenvalue weighted by Crippen LogP contribution is -2.19. The van der Waals surface area contributed by atoms with E-state index in [1.165, 1.54) is 17.4 Å². The van der Waals surface area contributed by atoms with E-state index in [9.17, 15) is 9.59 Å². The second kappa shape index (κ2) is 6.76. The van der Waals surface area contributed by atoms with Gasteiger partial charge in [0.05, 0.1) is 16.3 Å². The Hall–Kier alpha value is -2.44. The van der Waals surface area contributed by atoms with E-state index in [-0.39, 0.29) is 11.3 Å². The minimum Gasteiger partial charge on any atom is -0.497 e. The molecule has 0 spiro atoms. The third-order valence-electron chi connectivity index (χ3n) is 3.11. The Morgan fingerprint density at radius 2 is 2.13 bits per heavy atom. The number of aromatic amines is 1. The van der Waals surface area contributed by atoms with Crippen LogP contribution in [0.2, 0.25) is 0 Å². The Balaban J connectivity index is 1.97. The number of ketones is 1. The molecule has 0 aliphatic carbocycles. The Morgan fingerprint density at radius 3 is 2.87 bits per heavy atom. The molecule has 0 aliphatic heterocycles. The standard InChI is InChI=1S/C17H13NO3S2/c1-21-12-5-2-4-11(8-12)14(19)10-16-18-17(20)15(23-16)9-13-6-3-7-22-13/h2-10H,1H3,(H,18,20)/b15-9?,16-10+. The summed E-state index contributed by atoms with van der Waals surface area (Å²) in [6.07, 6.45) is 3.26. The molecule has 116 valence electrons. The fraction of sp³-hybridized carbons (Fsp3) is 0.0588. The van der Waals surface area contributed by atoms with Gasteiger partial charge in [-0.05, 0) is 29.7 Å². The molecule has 0 bridgehead atoms. The van der Waals surface area contributed by atoms with E-state index in [0.29, 0.717) is 20.5 Å². The molecule has 23 heavy (non-hydrogen) atoms. The molecule has 0 saturated heterocycles. The minimum atomic E-state index is -0.187. The lowest BCUT2D eigenvalue weighted by molar-refractivity contribution is 0.106. The molecular weight excluding hydrogens is 330 g/mol. The van der Waals surface area contributed by atoms with Gasteiger partial charge in [0.15, 0.2) is 5.78 Å². The highest BCUT2D eigenvalue weighted by Crippen LogP contribution is 2.13. The number of benzene rings is 1. The molecule has 3 rings (SSSR count). The Labute approximate surface area is 140 Å². The predicted molar refractivity (Wildman–Crippen MR) is 93.9 cm³/mol. The van der Waals surface area contributed by atoms with Gasteiger partial charge in [-0.25, -0.2) is 0 Å². The van der Waals surface area contributed by atoms with Crippen LogP contribution in [-0.4, -0.2) is 17.9 Å². The van der Waals surface area contributed by atoms with Gasteiger partial charge in [0.25, 0.3) is 5.56 Å². The summed E-state index contributed by atoms with van der Waals surface area (Å²) < 4.78 is 6.23. The van der Waals surface area contributed by atoms with E-state index in [4.69, 9.17) is 4.74 Å². The number of rotatable bonds is 4. The number of thiazole rings is 1. The number of thiophene rings is 1. The lowest BCUT2D eigenvalue weighted by Gasteiger charge is -2.00. The van der Waals surface area contributed by atoms with Gasteiger partial charge in [-0.1, -0.05) is 18.2 Å². The van der Waals surface area contributed by atoms with Crippen molar-refractivity contribution >= 4 is 40.6 Å². The number of methoxy groups -OCH3 is 1. The average molecular weight is 343 g/mol. The summed E-state index contributed by atoms with van der Waals surface area (Å²) in [5.41, 5.74) is 0.329. The van der Waals surface area contributed by atoms with Crippen molar-refractivity contribution < 1.29 is 9.53 Å². The van der Waals surface area contributed by atoms with Gasteiger partial charge < -0.3 is 9.72 Å². The SMILES string of the molecule is COc1cccc(C(=O)/C=c2\[nH]c(=O)c(=Cc3cccs3)s2)c1. The molecule has 0 fully saturated rings. The van der Waals surface area contributed by atoms with Gasteiger partial charge in [0.2, 0.25) is 0 Å². The zero-order valence-electron chi connectivity index (χ0n) is 12.2. The van der Waals surface area contributed by atoms with Gasteiger partial charge >= 0.3 is 0 Å². The van der Waals surface area contributed by atoms with Crippen molar-refractivity contribution in [1.82, 2.24) is 4.98 Å². The van der Waals surface area contributed by atoms with Crippen LogP contribution >= 0.6 is 22.7 Å². The van der Waals surface area contributed by atoms with Crippen molar-refractivity contribution in [2.75, 3.05) is 7.11 Å². The van der Waals surface area contributed by atoms with Crippen molar-refractivity contribution in [3.63, 3.8) is 0 Å². The molecule has 0 aliphatic rings. The molecule has 0 atom stereocenters. The third kappa shape index (κ3) is 3.67. The lowest BCUT2D eigenvalue weighted by atomic mass is 10.1. The number of ether oxygens (including phenoxy) is 1. The fourth-order valence-corrected chi connectivity index (χ4v) is 3.61. The van der Waals surface area contributed by atoms with Crippen LogP contribution in [0.15, 0.2) is 46.6 Å². The number of hydrogen-bond donors (Lipinski definition) is 1. The van der Waals surface area contributed by atoms with Crippen molar-refractivity contribution in [3.8, 4) is 5.75 Å². The van der Waals surface area contributed by atoms with Crippen LogP contribution in [0, 0.1) is 0 Å². The van der Waals surface area contributed by atoms with Crippen LogP contribution in [-0.2, 0) is 0 Å². The van der Waals surface area contributed by atoms with Crippen LogP contribution in [0.4, 0.5) is 0 Å². The molecule has 1 aromatic carbocycles. The van der Waals surface area contributed by atoms with Gasteiger partial charge in [0, 0.05) is 16.5 Å². The number of aromatic nitrogens is 1. The first-order valence-corrected chi connectivity index (χ1v) is 8.50. The second-order valence-corrected chi connectivity index (χ2v) is 6.75. The number of nitrogens with one attached hydrogen (secondary N) is 1.